The first-order valence-electron chi connectivity index (χ1n) is 8.37. The number of rotatable bonds is 4. The maximum Gasteiger partial charge on any atom is 0.433 e. The summed E-state index contributed by atoms with van der Waals surface area (Å²) in [4.78, 5) is 27.9. The number of aromatic nitrogens is 3. The summed E-state index contributed by atoms with van der Waals surface area (Å²) in [7, 11) is 0. The van der Waals surface area contributed by atoms with Gasteiger partial charge in [0.2, 0.25) is 0 Å². The van der Waals surface area contributed by atoms with Crippen molar-refractivity contribution in [3.63, 3.8) is 0 Å². The second-order valence-electron chi connectivity index (χ2n) is 6.27. The van der Waals surface area contributed by atoms with Crippen LogP contribution in [0.3, 0.4) is 0 Å². The van der Waals surface area contributed by atoms with E-state index in [-0.39, 0.29) is 32.0 Å². The second-order valence-corrected chi connectivity index (χ2v) is 7.27. The number of pyridine rings is 1. The number of nitrogens with two attached hydrogens (primary N) is 1. The summed E-state index contributed by atoms with van der Waals surface area (Å²) in [6.07, 6.45) is -3.20. The fraction of sp³-hybridized carbons (Fsp3) is 0.111. The van der Waals surface area contributed by atoms with E-state index in [1.54, 1.807) is 12.1 Å². The maximum atomic E-state index is 13.1. The van der Waals surface area contributed by atoms with E-state index >= 15 is 0 Å². The SMILES string of the molecule is Cc1cc(C(F)(F)F)nc2sc(C(N)=O)c(NC(=O)c3cc(-c4ccco4)[nH]n3)c12. The lowest BCUT2D eigenvalue weighted by Crippen LogP contribution is -2.17. The molecule has 0 saturated carbocycles. The fourth-order valence-corrected chi connectivity index (χ4v) is 3.95. The van der Waals surface area contributed by atoms with Gasteiger partial charge in [0.15, 0.2) is 11.5 Å². The Morgan fingerprint density at radius 3 is 2.70 bits per heavy atom. The molecular formula is C18H12F3N5O3S. The smallest absolute Gasteiger partial charge is 0.433 e. The molecule has 0 spiro atoms. The van der Waals surface area contributed by atoms with Crippen LogP contribution < -0.4 is 11.1 Å². The summed E-state index contributed by atoms with van der Waals surface area (Å²) >= 11 is 0.673. The molecular weight excluding hydrogens is 423 g/mol. The Kier molecular flexibility index (Phi) is 4.57. The van der Waals surface area contributed by atoms with Gasteiger partial charge in [0.1, 0.15) is 21.1 Å². The van der Waals surface area contributed by atoms with E-state index in [4.69, 9.17) is 10.2 Å². The van der Waals surface area contributed by atoms with Gasteiger partial charge in [0.25, 0.3) is 11.8 Å². The van der Waals surface area contributed by atoms with Crippen LogP contribution in [0.4, 0.5) is 18.9 Å². The van der Waals surface area contributed by atoms with E-state index < -0.39 is 23.7 Å². The second kappa shape index (κ2) is 6.99. The van der Waals surface area contributed by atoms with Crippen molar-refractivity contribution in [2.45, 2.75) is 13.1 Å². The van der Waals surface area contributed by atoms with Crippen molar-refractivity contribution in [1.82, 2.24) is 15.2 Å². The van der Waals surface area contributed by atoms with Crippen LogP contribution in [-0.2, 0) is 6.18 Å². The third-order valence-electron chi connectivity index (χ3n) is 4.21. The number of aromatic amines is 1. The van der Waals surface area contributed by atoms with E-state index in [0.717, 1.165) is 6.07 Å². The van der Waals surface area contributed by atoms with Crippen molar-refractivity contribution in [3.8, 4) is 11.5 Å². The summed E-state index contributed by atoms with van der Waals surface area (Å²) in [6.45, 7) is 1.43. The summed E-state index contributed by atoms with van der Waals surface area (Å²) in [5.74, 6) is -1.13. The number of hydrogen-bond donors (Lipinski definition) is 3. The van der Waals surface area contributed by atoms with Gasteiger partial charge in [-0.05, 0) is 30.7 Å². The van der Waals surface area contributed by atoms with Gasteiger partial charge in [-0.15, -0.1) is 11.3 Å². The summed E-state index contributed by atoms with van der Waals surface area (Å²) in [6, 6.07) is 5.61. The molecule has 154 valence electrons. The van der Waals surface area contributed by atoms with Crippen LogP contribution in [0.5, 0.6) is 0 Å². The molecule has 0 bridgehead atoms. The lowest BCUT2D eigenvalue weighted by atomic mass is 10.1. The van der Waals surface area contributed by atoms with Gasteiger partial charge >= 0.3 is 6.18 Å². The first-order chi connectivity index (χ1) is 14.1. The van der Waals surface area contributed by atoms with Gasteiger partial charge < -0.3 is 15.5 Å². The Morgan fingerprint density at radius 1 is 1.30 bits per heavy atom. The Labute approximate surface area is 169 Å². The molecule has 0 aliphatic rings. The highest BCUT2D eigenvalue weighted by Gasteiger charge is 2.34. The molecule has 0 fully saturated rings. The minimum Gasteiger partial charge on any atom is -0.463 e. The van der Waals surface area contributed by atoms with E-state index in [0.29, 0.717) is 22.8 Å². The predicted octanol–water partition coefficient (Wildman–Crippen LogP) is 3.96. The number of thiophene rings is 1. The Balaban J connectivity index is 1.75. The monoisotopic (exact) mass is 435 g/mol. The number of aryl methyl sites for hydroxylation is 1. The van der Waals surface area contributed by atoms with Gasteiger partial charge in [-0.25, -0.2) is 4.98 Å². The third kappa shape index (κ3) is 3.41. The number of carbonyl (C=O) groups excluding carboxylic acids is 2. The van der Waals surface area contributed by atoms with E-state index in [1.807, 2.05) is 0 Å². The molecule has 4 rings (SSSR count). The molecule has 4 aromatic rings. The predicted molar refractivity (Wildman–Crippen MR) is 102 cm³/mol. The molecule has 0 atom stereocenters. The Bertz CT molecular complexity index is 1270. The number of nitrogens with one attached hydrogen (secondary N) is 2. The number of furan rings is 1. The number of carbonyl (C=O) groups is 2. The van der Waals surface area contributed by atoms with E-state index in [1.165, 1.54) is 19.3 Å². The van der Waals surface area contributed by atoms with Gasteiger partial charge in [0.05, 0.1) is 12.0 Å². The molecule has 4 N–H and O–H groups in total. The van der Waals surface area contributed by atoms with Crippen LogP contribution >= 0.6 is 11.3 Å². The van der Waals surface area contributed by atoms with E-state index in [2.05, 4.69) is 20.5 Å². The molecule has 0 aliphatic heterocycles. The molecule has 4 heterocycles. The number of fused-ring (bicyclic) bond motifs is 1. The van der Waals surface area contributed by atoms with Crippen LogP contribution in [0.2, 0.25) is 0 Å². The highest BCUT2D eigenvalue weighted by Crippen LogP contribution is 2.39. The molecule has 4 aromatic heterocycles. The zero-order valence-electron chi connectivity index (χ0n) is 15.1. The third-order valence-corrected chi connectivity index (χ3v) is 5.31. The molecule has 30 heavy (non-hydrogen) atoms. The lowest BCUT2D eigenvalue weighted by molar-refractivity contribution is -0.141. The van der Waals surface area contributed by atoms with Crippen LogP contribution in [-0.4, -0.2) is 27.0 Å². The lowest BCUT2D eigenvalue weighted by Gasteiger charge is -2.09. The quantitative estimate of drug-likeness (QED) is 0.447. The maximum absolute atomic E-state index is 13.1. The van der Waals surface area contributed by atoms with E-state index in [9.17, 15) is 22.8 Å². The van der Waals surface area contributed by atoms with Gasteiger partial charge in [-0.2, -0.15) is 18.3 Å². The Hall–Kier alpha value is -3.67. The Morgan fingerprint density at radius 2 is 2.07 bits per heavy atom. The molecule has 12 heteroatoms. The summed E-state index contributed by atoms with van der Waals surface area (Å²) < 4.78 is 44.4. The minimum atomic E-state index is -4.66. The van der Waals surface area contributed by atoms with Crippen molar-refractivity contribution in [2.75, 3.05) is 5.32 Å². The highest BCUT2D eigenvalue weighted by atomic mass is 32.1. The summed E-state index contributed by atoms with van der Waals surface area (Å²) in [5, 5.41) is 9.28. The largest absolute Gasteiger partial charge is 0.463 e. The number of nitrogens with zero attached hydrogens (tertiary/aromatic N) is 2. The molecule has 8 nitrogen and oxygen atoms in total. The number of hydrogen-bond acceptors (Lipinski definition) is 6. The minimum absolute atomic E-state index is 0.00577. The molecule has 0 radical (unpaired) electrons. The standard InChI is InChI=1S/C18H12F3N5O3S/c1-7-5-11(18(19,20)21)23-17-12(7)13(14(30-17)15(22)27)24-16(28)9-6-8(25-26-9)10-3-2-4-29-10/h2-6H,1H3,(H2,22,27)(H,24,28)(H,25,26). The molecule has 0 unspecified atom stereocenters. The van der Waals surface area contributed by atoms with Crippen LogP contribution in [0.25, 0.3) is 21.7 Å². The topological polar surface area (TPSA) is 127 Å². The van der Waals surface area contributed by atoms with Crippen molar-refractivity contribution < 1.29 is 27.2 Å². The average Bonchev–Trinajstić information content (AvgIpc) is 3.40. The van der Waals surface area contributed by atoms with Crippen LogP contribution in [0.15, 0.2) is 34.9 Å². The fourth-order valence-electron chi connectivity index (χ4n) is 2.89. The number of halogens is 3. The average molecular weight is 435 g/mol. The molecule has 0 aromatic carbocycles. The van der Waals surface area contributed by atoms with Crippen LogP contribution in [0, 0.1) is 6.92 Å². The van der Waals surface area contributed by atoms with Crippen molar-refractivity contribution >= 4 is 39.1 Å². The number of alkyl halides is 3. The number of amides is 2. The van der Waals surface area contributed by atoms with Crippen molar-refractivity contribution in [3.05, 3.63) is 52.4 Å². The number of primary amides is 1. The van der Waals surface area contributed by atoms with Crippen LogP contribution in [0.1, 0.15) is 31.4 Å². The first kappa shape index (κ1) is 19.6. The highest BCUT2D eigenvalue weighted by molar-refractivity contribution is 7.21. The number of H-pyrrole nitrogens is 1. The molecule has 0 saturated heterocycles. The van der Waals surface area contributed by atoms with Crippen molar-refractivity contribution in [1.29, 1.82) is 0 Å². The van der Waals surface area contributed by atoms with Gasteiger partial charge in [-0.1, -0.05) is 0 Å². The zero-order chi connectivity index (χ0) is 21.6. The molecule has 0 aliphatic carbocycles. The molecule has 2 amide bonds. The first-order valence-corrected chi connectivity index (χ1v) is 9.18. The zero-order valence-corrected chi connectivity index (χ0v) is 15.9. The number of anilines is 1. The van der Waals surface area contributed by atoms with Crippen molar-refractivity contribution in [2.24, 2.45) is 5.73 Å². The normalized spacial score (nSPS) is 11.7. The van der Waals surface area contributed by atoms with Gasteiger partial charge in [0, 0.05) is 11.5 Å². The summed E-state index contributed by atoms with van der Waals surface area (Å²) in [5.41, 5.74) is 4.88. The van der Waals surface area contributed by atoms with Gasteiger partial charge in [-0.3, -0.25) is 14.7 Å².